The molecule has 5 unspecified atom stereocenters. The molecular formula is C47H62N8O7S. The summed E-state index contributed by atoms with van der Waals surface area (Å²) in [6, 6.07) is 20.4. The number of pyridine rings is 1. The topological polar surface area (TPSA) is 179 Å². The van der Waals surface area contributed by atoms with E-state index in [1.165, 1.54) is 18.4 Å². The first kappa shape index (κ1) is 47.1. The predicted octanol–water partition coefficient (Wildman–Crippen LogP) is 5.93. The maximum absolute atomic E-state index is 14.6. The van der Waals surface area contributed by atoms with Crippen molar-refractivity contribution >= 4 is 35.3 Å². The Hall–Kier alpha value is -5.42. The van der Waals surface area contributed by atoms with Gasteiger partial charge in [-0.3, -0.25) is 20.0 Å². The van der Waals surface area contributed by atoms with Gasteiger partial charge in [0.15, 0.2) is 0 Å². The molecule has 1 aliphatic carbocycles. The van der Waals surface area contributed by atoms with E-state index < -0.39 is 36.2 Å². The van der Waals surface area contributed by atoms with Crippen molar-refractivity contribution in [2.24, 2.45) is 11.8 Å². The minimum atomic E-state index is -1.20. The molecule has 6 rings (SSSR count). The molecule has 0 spiro atoms. The number of nitrogens with zero attached hydrogens (tertiary/aromatic N) is 5. The Bertz CT molecular complexity index is 2070. The molecule has 0 bridgehead atoms. The highest BCUT2D eigenvalue weighted by atomic mass is 32.1. The van der Waals surface area contributed by atoms with E-state index in [0.29, 0.717) is 32.7 Å². The van der Waals surface area contributed by atoms with Crippen molar-refractivity contribution in [2.45, 2.75) is 103 Å². The van der Waals surface area contributed by atoms with Gasteiger partial charge in [-0.1, -0.05) is 100 Å². The number of amides is 5. The van der Waals surface area contributed by atoms with Crippen molar-refractivity contribution < 1.29 is 33.8 Å². The van der Waals surface area contributed by atoms with Crippen LogP contribution in [0.25, 0.3) is 11.3 Å². The number of urea groups is 1. The number of nitrogens with one attached hydrogen (secondary N) is 3. The third kappa shape index (κ3) is 13.1. The first-order valence-electron chi connectivity index (χ1n) is 22.0. The molecule has 5 atom stereocenters. The van der Waals surface area contributed by atoms with Gasteiger partial charge in [-0.05, 0) is 54.4 Å². The lowest BCUT2D eigenvalue weighted by molar-refractivity contribution is -0.132. The lowest BCUT2D eigenvalue weighted by atomic mass is 9.83. The third-order valence-corrected chi connectivity index (χ3v) is 12.9. The highest BCUT2D eigenvalue weighted by Gasteiger charge is 2.41. The summed E-state index contributed by atoms with van der Waals surface area (Å²) in [5.74, 6) is -1.07. The second kappa shape index (κ2) is 23.3. The second-order valence-electron chi connectivity index (χ2n) is 16.5. The minimum absolute atomic E-state index is 0.0791. The van der Waals surface area contributed by atoms with Crippen molar-refractivity contribution in [2.75, 3.05) is 33.9 Å². The Morgan fingerprint density at radius 2 is 1.68 bits per heavy atom. The standard InChI is InChI=1S/C47H62N8O7S/c1-5-32(2)43(55-25-24-53(47(55)60)28-37-31-63-41(49-37)30-61-3)45(58)50-39(26-33-14-8-6-9-15-33)40(56)29-54(27-34-19-21-35(22-20-34)38-18-12-13-23-48-38)52-44(57)42(51-46(59)62-4)36-16-10-7-11-17-36/h6,8-9,12-15,18-23,31-32,36,39-40,42-43,56H,5,7,10-11,16-17,24-30H2,1-4H3,(H,50,58)(H,51,59)(H,52,57). The summed E-state index contributed by atoms with van der Waals surface area (Å²) in [5, 5.41) is 22.6. The summed E-state index contributed by atoms with van der Waals surface area (Å²) < 4.78 is 10.1. The van der Waals surface area contributed by atoms with Crippen molar-refractivity contribution in [3.8, 4) is 11.3 Å². The number of carbonyl (C=O) groups is 4. The number of ether oxygens (including phenoxy) is 2. The number of methoxy groups -OCH3 is 2. The van der Waals surface area contributed by atoms with Crippen LogP contribution in [0.3, 0.4) is 0 Å². The molecule has 4 N–H and O–H groups in total. The van der Waals surface area contributed by atoms with Crippen molar-refractivity contribution in [1.82, 2.24) is 40.8 Å². The molecule has 1 aliphatic heterocycles. The van der Waals surface area contributed by atoms with Gasteiger partial charge in [-0.2, -0.15) is 0 Å². The average molecular weight is 883 g/mol. The summed E-state index contributed by atoms with van der Waals surface area (Å²) in [5.41, 5.74) is 7.30. The molecule has 1 saturated carbocycles. The summed E-state index contributed by atoms with van der Waals surface area (Å²) in [6.45, 7) is 5.60. The monoisotopic (exact) mass is 882 g/mol. The van der Waals surface area contributed by atoms with Gasteiger partial charge in [0.25, 0.3) is 5.91 Å². The molecule has 2 fully saturated rings. The quantitative estimate of drug-likeness (QED) is 0.0734. The summed E-state index contributed by atoms with van der Waals surface area (Å²) in [4.78, 5) is 67.9. The Kier molecular flexibility index (Phi) is 17.4. The zero-order valence-corrected chi connectivity index (χ0v) is 37.6. The number of alkyl carbamates (subject to hydrolysis) is 1. The van der Waals surface area contributed by atoms with Crippen LogP contribution in [-0.2, 0) is 45.2 Å². The van der Waals surface area contributed by atoms with Gasteiger partial charge < -0.3 is 35.0 Å². The maximum Gasteiger partial charge on any atom is 0.407 e. The number of rotatable bonds is 21. The number of aromatic nitrogens is 2. The second-order valence-corrected chi connectivity index (χ2v) is 17.5. The first-order chi connectivity index (χ1) is 30.6. The molecule has 0 radical (unpaired) electrons. The largest absolute Gasteiger partial charge is 0.453 e. The number of benzene rings is 2. The summed E-state index contributed by atoms with van der Waals surface area (Å²) in [6.07, 6.45) is 5.28. The number of hydrazine groups is 1. The van der Waals surface area contributed by atoms with Crippen molar-refractivity contribution in [3.63, 3.8) is 0 Å². The van der Waals surface area contributed by atoms with E-state index in [-0.39, 0.29) is 43.3 Å². The number of hydrogen-bond donors (Lipinski definition) is 4. The van der Waals surface area contributed by atoms with E-state index in [2.05, 4.69) is 26.0 Å². The van der Waals surface area contributed by atoms with Crippen molar-refractivity contribution in [3.05, 3.63) is 106 Å². The fourth-order valence-corrected chi connectivity index (χ4v) is 9.23. The Morgan fingerprint density at radius 1 is 0.937 bits per heavy atom. The summed E-state index contributed by atoms with van der Waals surface area (Å²) in [7, 11) is 2.89. The van der Waals surface area contributed by atoms with Crippen LogP contribution >= 0.6 is 11.3 Å². The maximum atomic E-state index is 14.6. The van der Waals surface area contributed by atoms with Crippen LogP contribution in [-0.4, -0.2) is 112 Å². The van der Waals surface area contributed by atoms with Crippen LogP contribution in [0.1, 0.15) is 74.2 Å². The predicted molar refractivity (Wildman–Crippen MR) is 241 cm³/mol. The zero-order valence-electron chi connectivity index (χ0n) is 36.8. The number of thiazole rings is 1. The van der Waals surface area contributed by atoms with Crippen LogP contribution in [0, 0.1) is 11.8 Å². The summed E-state index contributed by atoms with van der Waals surface area (Å²) >= 11 is 1.48. The normalized spacial score (nSPS) is 16.9. The third-order valence-electron chi connectivity index (χ3n) is 12.1. The molecule has 3 heterocycles. The van der Waals surface area contributed by atoms with E-state index in [1.807, 2.05) is 92.0 Å². The minimum Gasteiger partial charge on any atom is -0.453 e. The van der Waals surface area contributed by atoms with Crippen LogP contribution in [0.2, 0.25) is 0 Å². The van der Waals surface area contributed by atoms with Gasteiger partial charge in [-0.25, -0.2) is 19.6 Å². The number of hydrogen-bond acceptors (Lipinski definition) is 11. The number of aliphatic hydroxyl groups excluding tert-OH is 1. The van der Waals surface area contributed by atoms with Gasteiger partial charge in [0.1, 0.15) is 17.1 Å². The fourth-order valence-electron chi connectivity index (χ4n) is 8.48. The molecule has 15 nitrogen and oxygen atoms in total. The molecule has 4 aromatic rings. The molecular weight excluding hydrogens is 821 g/mol. The van der Waals surface area contributed by atoms with Crippen LogP contribution in [0.5, 0.6) is 0 Å². The van der Waals surface area contributed by atoms with E-state index >= 15 is 0 Å². The van der Waals surface area contributed by atoms with Crippen molar-refractivity contribution in [1.29, 1.82) is 0 Å². The molecule has 63 heavy (non-hydrogen) atoms. The zero-order chi connectivity index (χ0) is 44.7. The molecule has 16 heteroatoms. The molecule has 2 aromatic carbocycles. The first-order valence-corrected chi connectivity index (χ1v) is 22.8. The lowest BCUT2D eigenvalue weighted by Gasteiger charge is -2.36. The molecule has 1 saturated heterocycles. The Labute approximate surface area is 374 Å². The van der Waals surface area contributed by atoms with E-state index in [9.17, 15) is 24.3 Å². The number of carbonyl (C=O) groups excluding carboxylic acids is 4. The van der Waals surface area contributed by atoms with Gasteiger partial charge in [-0.15, -0.1) is 11.3 Å². The molecule has 2 aliphatic rings. The van der Waals surface area contributed by atoms with Gasteiger partial charge >= 0.3 is 12.1 Å². The van der Waals surface area contributed by atoms with Crippen LogP contribution < -0.4 is 16.1 Å². The fraction of sp³-hybridized carbons (Fsp3) is 0.489. The molecule has 338 valence electrons. The smallest absolute Gasteiger partial charge is 0.407 e. The van der Waals surface area contributed by atoms with Gasteiger partial charge in [0, 0.05) is 50.4 Å². The SMILES string of the molecule is CCC(C)C(C(=O)NC(Cc1ccccc1)C(O)CN(Cc1ccc(-c2ccccn2)cc1)NC(=O)C(NC(=O)OC)C1CCCCC1)N1CCN(Cc2csc(COC)n2)C1=O. The van der Waals surface area contributed by atoms with E-state index in [4.69, 9.17) is 9.47 Å². The van der Waals surface area contributed by atoms with Crippen LogP contribution in [0.15, 0.2) is 84.4 Å². The van der Waals surface area contributed by atoms with E-state index in [1.54, 1.807) is 28.1 Å². The van der Waals surface area contributed by atoms with Gasteiger partial charge in [0.2, 0.25) is 5.91 Å². The average Bonchev–Trinajstić information content (AvgIpc) is 3.91. The van der Waals surface area contributed by atoms with E-state index in [0.717, 1.165) is 65.2 Å². The number of aliphatic hydroxyl groups is 1. The Morgan fingerprint density at radius 3 is 2.37 bits per heavy atom. The van der Waals surface area contributed by atoms with Gasteiger partial charge in [0.05, 0.1) is 43.8 Å². The van der Waals surface area contributed by atoms with Crippen LogP contribution in [0.4, 0.5) is 9.59 Å². The highest BCUT2D eigenvalue weighted by molar-refractivity contribution is 7.09. The lowest BCUT2D eigenvalue weighted by Crippen LogP contribution is -2.59. The Balaban J connectivity index is 1.24. The highest BCUT2D eigenvalue weighted by Crippen LogP contribution is 2.28. The molecule has 2 aromatic heterocycles. The molecule has 5 amide bonds.